The van der Waals surface area contributed by atoms with Crippen LogP contribution < -0.4 is 4.90 Å². The van der Waals surface area contributed by atoms with Gasteiger partial charge in [-0.3, -0.25) is 0 Å². The van der Waals surface area contributed by atoms with E-state index in [1.54, 1.807) is 0 Å². The van der Waals surface area contributed by atoms with Crippen LogP contribution in [0.3, 0.4) is 0 Å². The molecule has 0 fully saturated rings. The smallest absolute Gasteiger partial charge is 0.0542 e. The van der Waals surface area contributed by atoms with Crippen LogP contribution in [0.15, 0.2) is 106 Å². The van der Waals surface area contributed by atoms with Crippen LogP contribution in [0.25, 0.3) is 27.5 Å². The number of hydrogen-bond donors (Lipinski definition) is 0. The molecule has 49 heavy (non-hydrogen) atoms. The van der Waals surface area contributed by atoms with Crippen LogP contribution in [0.1, 0.15) is 94.4 Å². The van der Waals surface area contributed by atoms with Crippen molar-refractivity contribution in [3.05, 3.63) is 128 Å². The third-order valence-electron chi connectivity index (χ3n) is 9.95. The summed E-state index contributed by atoms with van der Waals surface area (Å²) in [5.41, 5.74) is 12.6. The Hall–Kier alpha value is -3.34. The predicted octanol–water partition coefficient (Wildman–Crippen LogP) is 14.9. The SMILES string of the molecule is CCCCCCc1cc(N(c2ccc(Br)c(CCCCCC)c2)c2ccc3c(c2)c2cc(CC)ccc2n3-c2ccc(C)cc2)ccc1Br. The Kier molecular flexibility index (Phi) is 12.0. The second-order valence-electron chi connectivity index (χ2n) is 13.6. The number of aryl methyl sites for hydroxylation is 4. The molecule has 6 aromatic rings. The number of hydrogen-bond acceptors (Lipinski definition) is 1. The first-order valence-electron chi connectivity index (χ1n) is 18.4. The summed E-state index contributed by atoms with van der Waals surface area (Å²) in [6.07, 6.45) is 13.2. The Morgan fingerprint density at radius 2 is 1.04 bits per heavy atom. The molecule has 2 nitrogen and oxygen atoms in total. The second-order valence-corrected chi connectivity index (χ2v) is 15.3. The summed E-state index contributed by atoms with van der Waals surface area (Å²) in [7, 11) is 0. The Bertz CT molecular complexity index is 1960. The molecule has 0 atom stereocenters. The molecule has 0 amide bonds. The molecule has 254 valence electrons. The van der Waals surface area contributed by atoms with E-state index in [4.69, 9.17) is 0 Å². The second kappa shape index (κ2) is 16.6. The van der Waals surface area contributed by atoms with Crippen molar-refractivity contribution in [2.45, 2.75) is 98.3 Å². The lowest BCUT2D eigenvalue weighted by Gasteiger charge is -2.27. The van der Waals surface area contributed by atoms with E-state index in [0.29, 0.717) is 0 Å². The van der Waals surface area contributed by atoms with Crippen LogP contribution in [0.2, 0.25) is 0 Å². The highest BCUT2D eigenvalue weighted by atomic mass is 79.9. The molecule has 1 heterocycles. The van der Waals surface area contributed by atoms with Gasteiger partial charge in [-0.05, 0) is 135 Å². The van der Waals surface area contributed by atoms with E-state index >= 15 is 0 Å². The third-order valence-corrected chi connectivity index (χ3v) is 11.5. The molecule has 0 unspecified atom stereocenters. The first-order chi connectivity index (χ1) is 23.9. The topological polar surface area (TPSA) is 8.17 Å². The van der Waals surface area contributed by atoms with Gasteiger partial charge in [-0.25, -0.2) is 0 Å². The number of rotatable bonds is 15. The van der Waals surface area contributed by atoms with Crippen LogP contribution >= 0.6 is 31.9 Å². The minimum atomic E-state index is 1.01. The first-order valence-corrected chi connectivity index (χ1v) is 20.0. The van der Waals surface area contributed by atoms with Crippen molar-refractivity contribution in [2.24, 2.45) is 0 Å². The number of nitrogens with zero attached hydrogens (tertiary/aromatic N) is 2. The van der Waals surface area contributed by atoms with Gasteiger partial charge in [0.1, 0.15) is 0 Å². The molecule has 0 N–H and O–H groups in total. The number of anilines is 3. The van der Waals surface area contributed by atoms with Crippen molar-refractivity contribution < 1.29 is 0 Å². The molecule has 0 radical (unpaired) electrons. The molecule has 0 saturated heterocycles. The molecule has 0 aliphatic heterocycles. The monoisotopic (exact) mass is 776 g/mol. The van der Waals surface area contributed by atoms with Gasteiger partial charge in [0.15, 0.2) is 0 Å². The number of unbranched alkanes of at least 4 members (excludes halogenated alkanes) is 6. The molecule has 0 aliphatic carbocycles. The molecule has 4 heteroatoms. The van der Waals surface area contributed by atoms with E-state index in [1.165, 1.54) is 127 Å². The van der Waals surface area contributed by atoms with Crippen molar-refractivity contribution in [1.82, 2.24) is 4.57 Å². The van der Waals surface area contributed by atoms with E-state index in [0.717, 1.165) is 19.3 Å². The molecule has 6 rings (SSSR count). The van der Waals surface area contributed by atoms with Crippen LogP contribution in [-0.4, -0.2) is 4.57 Å². The standard InChI is InChI=1S/C45H50Br2N2/c1-5-8-10-12-14-34-29-37(21-24-42(34)46)48(38-22-25-43(47)35(30-38)15-13-11-9-6-2)39-23-27-45-41(31-39)40-28-33(7-3)18-26-44(40)49(45)36-19-16-32(4)17-20-36/h16-31H,5-15H2,1-4H3. The Balaban J connectivity index is 1.52. The molecule has 0 saturated carbocycles. The average molecular weight is 779 g/mol. The van der Waals surface area contributed by atoms with Crippen molar-refractivity contribution >= 4 is 70.7 Å². The van der Waals surface area contributed by atoms with E-state index in [-0.39, 0.29) is 0 Å². The molecule has 0 aliphatic rings. The van der Waals surface area contributed by atoms with Crippen LogP contribution in [0.4, 0.5) is 17.1 Å². The number of fused-ring (bicyclic) bond motifs is 3. The lowest BCUT2D eigenvalue weighted by Crippen LogP contribution is -2.11. The molecule has 0 bridgehead atoms. The summed E-state index contributed by atoms with van der Waals surface area (Å²) in [6, 6.07) is 36.9. The quantitative estimate of drug-likeness (QED) is 0.0943. The molecular formula is C45H50Br2N2. The van der Waals surface area contributed by atoms with Gasteiger partial charge < -0.3 is 9.47 Å². The van der Waals surface area contributed by atoms with Gasteiger partial charge in [-0.2, -0.15) is 0 Å². The first kappa shape index (κ1) is 35.5. The maximum atomic E-state index is 3.90. The zero-order valence-electron chi connectivity index (χ0n) is 29.7. The third kappa shape index (κ3) is 8.02. The van der Waals surface area contributed by atoms with E-state index in [9.17, 15) is 0 Å². The summed E-state index contributed by atoms with van der Waals surface area (Å²) < 4.78 is 4.83. The lowest BCUT2D eigenvalue weighted by atomic mass is 10.0. The van der Waals surface area contributed by atoms with Gasteiger partial charge in [0.05, 0.1) is 11.0 Å². The fourth-order valence-corrected chi connectivity index (χ4v) is 7.99. The van der Waals surface area contributed by atoms with Gasteiger partial charge in [-0.15, -0.1) is 0 Å². The van der Waals surface area contributed by atoms with E-state index in [2.05, 4.69) is 166 Å². The van der Waals surface area contributed by atoms with Crippen molar-refractivity contribution in [3.63, 3.8) is 0 Å². The van der Waals surface area contributed by atoms with Gasteiger partial charge in [0, 0.05) is 42.5 Å². The van der Waals surface area contributed by atoms with Gasteiger partial charge >= 0.3 is 0 Å². The fraction of sp³-hybridized carbons (Fsp3) is 0.333. The Morgan fingerprint density at radius 3 is 1.59 bits per heavy atom. The van der Waals surface area contributed by atoms with Crippen molar-refractivity contribution in [2.75, 3.05) is 4.90 Å². The van der Waals surface area contributed by atoms with Crippen LogP contribution in [-0.2, 0) is 19.3 Å². The minimum Gasteiger partial charge on any atom is -0.310 e. The highest BCUT2D eigenvalue weighted by Gasteiger charge is 2.19. The maximum absolute atomic E-state index is 3.90. The molecule has 5 aromatic carbocycles. The summed E-state index contributed by atoms with van der Waals surface area (Å²) in [4.78, 5) is 2.47. The maximum Gasteiger partial charge on any atom is 0.0542 e. The van der Waals surface area contributed by atoms with E-state index in [1.807, 2.05) is 0 Å². The van der Waals surface area contributed by atoms with Gasteiger partial charge in [0.25, 0.3) is 0 Å². The predicted molar refractivity (Wildman–Crippen MR) is 221 cm³/mol. The zero-order chi connectivity index (χ0) is 34.3. The van der Waals surface area contributed by atoms with Crippen LogP contribution in [0.5, 0.6) is 0 Å². The molecule has 1 aromatic heterocycles. The highest BCUT2D eigenvalue weighted by molar-refractivity contribution is 9.10. The van der Waals surface area contributed by atoms with E-state index < -0.39 is 0 Å². The van der Waals surface area contributed by atoms with Gasteiger partial charge in [0.2, 0.25) is 0 Å². The zero-order valence-corrected chi connectivity index (χ0v) is 32.8. The highest BCUT2D eigenvalue weighted by Crippen LogP contribution is 2.42. The Labute approximate surface area is 310 Å². The summed E-state index contributed by atoms with van der Waals surface area (Å²) in [6.45, 7) is 8.96. The number of halogens is 2. The minimum absolute atomic E-state index is 1.01. The largest absolute Gasteiger partial charge is 0.310 e. The molecule has 0 spiro atoms. The Morgan fingerprint density at radius 1 is 0.531 bits per heavy atom. The lowest BCUT2D eigenvalue weighted by molar-refractivity contribution is 0.666. The normalized spacial score (nSPS) is 11.6. The number of benzene rings is 5. The van der Waals surface area contributed by atoms with Gasteiger partial charge in [-0.1, -0.05) is 115 Å². The summed E-state index contributed by atoms with van der Waals surface area (Å²) in [5.74, 6) is 0. The fourth-order valence-electron chi connectivity index (χ4n) is 7.10. The summed E-state index contributed by atoms with van der Waals surface area (Å²) >= 11 is 7.80. The number of aromatic nitrogens is 1. The van der Waals surface area contributed by atoms with Crippen molar-refractivity contribution in [3.8, 4) is 5.69 Å². The summed E-state index contributed by atoms with van der Waals surface area (Å²) in [5, 5.41) is 2.58. The van der Waals surface area contributed by atoms with Crippen molar-refractivity contribution in [1.29, 1.82) is 0 Å². The average Bonchev–Trinajstić information content (AvgIpc) is 3.44. The van der Waals surface area contributed by atoms with Crippen LogP contribution in [0, 0.1) is 6.92 Å². The molecular weight excluding hydrogens is 728 g/mol.